The Labute approximate surface area is 111 Å². The molecule has 0 spiro atoms. The highest BCUT2D eigenvalue weighted by Crippen LogP contribution is 2.27. The first-order chi connectivity index (χ1) is 9.25. The number of benzene rings is 1. The average molecular weight is 250 g/mol. The van der Waals surface area contributed by atoms with Crippen LogP contribution >= 0.6 is 0 Å². The standard InChI is InChI=1S/C16H14N2O/c1-11-4-2-7-15(18-11)16(19)14-6-3-5-12-10-17-9-8-13(12)14/h2-10,16,19H,1H3. The highest BCUT2D eigenvalue weighted by atomic mass is 16.3. The molecule has 1 unspecified atom stereocenters. The monoisotopic (exact) mass is 250 g/mol. The van der Waals surface area contributed by atoms with Crippen LogP contribution in [0.25, 0.3) is 10.8 Å². The lowest BCUT2D eigenvalue weighted by atomic mass is 9.99. The predicted octanol–water partition coefficient (Wildman–Crippen LogP) is 3.02. The minimum Gasteiger partial charge on any atom is -0.382 e. The molecule has 3 heteroatoms. The minimum absolute atomic E-state index is 0.671. The van der Waals surface area contributed by atoms with Crippen LogP contribution in [0, 0.1) is 6.92 Å². The summed E-state index contributed by atoms with van der Waals surface area (Å²) >= 11 is 0. The van der Waals surface area contributed by atoms with E-state index in [0.717, 1.165) is 22.0 Å². The Kier molecular flexibility index (Phi) is 2.97. The van der Waals surface area contributed by atoms with Crippen molar-refractivity contribution in [1.29, 1.82) is 0 Å². The summed E-state index contributed by atoms with van der Waals surface area (Å²) in [4.78, 5) is 8.49. The van der Waals surface area contributed by atoms with Gasteiger partial charge in [0.2, 0.25) is 0 Å². The third-order valence-electron chi connectivity index (χ3n) is 3.20. The van der Waals surface area contributed by atoms with E-state index in [1.807, 2.05) is 49.4 Å². The number of hydrogen-bond donors (Lipinski definition) is 1. The van der Waals surface area contributed by atoms with E-state index in [2.05, 4.69) is 9.97 Å². The van der Waals surface area contributed by atoms with Crippen molar-refractivity contribution in [1.82, 2.24) is 9.97 Å². The second-order valence-corrected chi connectivity index (χ2v) is 4.55. The van der Waals surface area contributed by atoms with E-state index < -0.39 is 6.10 Å². The maximum atomic E-state index is 10.5. The van der Waals surface area contributed by atoms with Crippen molar-refractivity contribution in [2.45, 2.75) is 13.0 Å². The third kappa shape index (κ3) is 2.20. The summed E-state index contributed by atoms with van der Waals surface area (Å²) in [5.41, 5.74) is 2.43. The Morgan fingerprint density at radius 2 is 1.89 bits per heavy atom. The first-order valence-electron chi connectivity index (χ1n) is 6.20. The largest absolute Gasteiger partial charge is 0.382 e. The van der Waals surface area contributed by atoms with Gasteiger partial charge < -0.3 is 5.11 Å². The predicted molar refractivity (Wildman–Crippen MR) is 74.8 cm³/mol. The Morgan fingerprint density at radius 1 is 1.05 bits per heavy atom. The number of nitrogens with zero attached hydrogens (tertiary/aromatic N) is 2. The molecule has 3 rings (SSSR count). The molecule has 0 aliphatic heterocycles. The van der Waals surface area contributed by atoms with E-state index in [9.17, 15) is 5.11 Å². The zero-order valence-corrected chi connectivity index (χ0v) is 10.6. The number of aryl methyl sites for hydroxylation is 1. The first-order valence-corrected chi connectivity index (χ1v) is 6.20. The quantitative estimate of drug-likeness (QED) is 0.760. The van der Waals surface area contributed by atoms with Gasteiger partial charge in [-0.05, 0) is 36.1 Å². The van der Waals surface area contributed by atoms with Crippen LogP contribution in [0.1, 0.15) is 23.1 Å². The van der Waals surface area contributed by atoms with Crippen molar-refractivity contribution >= 4 is 10.8 Å². The molecule has 3 aromatic rings. The molecule has 0 aliphatic carbocycles. The molecule has 0 saturated heterocycles. The Balaban J connectivity index is 2.14. The summed E-state index contributed by atoms with van der Waals surface area (Å²) < 4.78 is 0. The first kappa shape index (κ1) is 11.8. The van der Waals surface area contributed by atoms with Gasteiger partial charge >= 0.3 is 0 Å². The van der Waals surface area contributed by atoms with Crippen LogP contribution in [0.3, 0.4) is 0 Å². The fraction of sp³-hybridized carbons (Fsp3) is 0.125. The molecule has 0 aliphatic rings. The van der Waals surface area contributed by atoms with Gasteiger partial charge in [0.15, 0.2) is 0 Å². The molecule has 1 aromatic carbocycles. The van der Waals surface area contributed by atoms with E-state index in [1.165, 1.54) is 0 Å². The summed E-state index contributed by atoms with van der Waals surface area (Å²) in [6.45, 7) is 1.92. The number of fused-ring (bicyclic) bond motifs is 1. The highest BCUT2D eigenvalue weighted by Gasteiger charge is 2.14. The van der Waals surface area contributed by atoms with Crippen LogP contribution in [0.4, 0.5) is 0 Å². The summed E-state index contributed by atoms with van der Waals surface area (Å²) in [6, 6.07) is 13.4. The van der Waals surface area contributed by atoms with Gasteiger partial charge in [-0.3, -0.25) is 9.97 Å². The molecule has 2 heterocycles. The van der Waals surface area contributed by atoms with Crippen molar-refractivity contribution < 1.29 is 5.11 Å². The van der Waals surface area contributed by atoms with Crippen molar-refractivity contribution in [2.75, 3.05) is 0 Å². The van der Waals surface area contributed by atoms with Crippen LogP contribution in [-0.2, 0) is 0 Å². The molecule has 1 atom stereocenters. The Morgan fingerprint density at radius 3 is 2.74 bits per heavy atom. The summed E-state index contributed by atoms with van der Waals surface area (Å²) in [5, 5.41) is 12.6. The molecule has 2 aromatic heterocycles. The fourth-order valence-electron chi connectivity index (χ4n) is 2.26. The zero-order valence-electron chi connectivity index (χ0n) is 10.6. The van der Waals surface area contributed by atoms with Gasteiger partial charge in [0.25, 0.3) is 0 Å². The maximum absolute atomic E-state index is 10.5. The van der Waals surface area contributed by atoms with Gasteiger partial charge in [-0.2, -0.15) is 0 Å². The molecule has 19 heavy (non-hydrogen) atoms. The van der Waals surface area contributed by atoms with E-state index >= 15 is 0 Å². The van der Waals surface area contributed by atoms with Crippen LogP contribution in [-0.4, -0.2) is 15.1 Å². The highest BCUT2D eigenvalue weighted by molar-refractivity contribution is 5.85. The van der Waals surface area contributed by atoms with Crippen molar-refractivity contribution in [3.63, 3.8) is 0 Å². The maximum Gasteiger partial charge on any atom is 0.122 e. The molecule has 94 valence electrons. The third-order valence-corrected chi connectivity index (χ3v) is 3.20. The summed E-state index contributed by atoms with van der Waals surface area (Å²) in [7, 11) is 0. The zero-order chi connectivity index (χ0) is 13.2. The molecule has 0 saturated carbocycles. The molecule has 0 amide bonds. The number of rotatable bonds is 2. The van der Waals surface area contributed by atoms with Crippen LogP contribution < -0.4 is 0 Å². The normalized spacial score (nSPS) is 12.5. The number of hydrogen-bond acceptors (Lipinski definition) is 3. The van der Waals surface area contributed by atoms with Crippen molar-refractivity contribution in [3.05, 3.63) is 71.8 Å². The van der Waals surface area contributed by atoms with Gasteiger partial charge in [-0.25, -0.2) is 0 Å². The minimum atomic E-state index is -0.717. The number of aromatic nitrogens is 2. The molecule has 0 fully saturated rings. The molecular weight excluding hydrogens is 236 g/mol. The summed E-state index contributed by atoms with van der Waals surface area (Å²) in [5.74, 6) is 0. The SMILES string of the molecule is Cc1cccc(C(O)c2cccc3cnccc23)n1. The van der Waals surface area contributed by atoms with Gasteiger partial charge in [-0.15, -0.1) is 0 Å². The lowest BCUT2D eigenvalue weighted by molar-refractivity contribution is 0.216. The Hall–Kier alpha value is -2.26. The number of aliphatic hydroxyl groups is 1. The van der Waals surface area contributed by atoms with E-state index in [-0.39, 0.29) is 0 Å². The molecule has 3 nitrogen and oxygen atoms in total. The van der Waals surface area contributed by atoms with Crippen LogP contribution in [0.2, 0.25) is 0 Å². The van der Waals surface area contributed by atoms with E-state index in [1.54, 1.807) is 12.4 Å². The lowest BCUT2D eigenvalue weighted by Gasteiger charge is -2.13. The lowest BCUT2D eigenvalue weighted by Crippen LogP contribution is -2.03. The van der Waals surface area contributed by atoms with Crippen molar-refractivity contribution in [3.8, 4) is 0 Å². The average Bonchev–Trinajstić information content (AvgIpc) is 2.46. The van der Waals surface area contributed by atoms with Gasteiger partial charge in [0.1, 0.15) is 6.10 Å². The van der Waals surface area contributed by atoms with E-state index in [4.69, 9.17) is 0 Å². The molecular formula is C16H14N2O. The second-order valence-electron chi connectivity index (χ2n) is 4.55. The fourth-order valence-corrected chi connectivity index (χ4v) is 2.26. The van der Waals surface area contributed by atoms with Gasteiger partial charge in [-0.1, -0.05) is 24.3 Å². The Bertz CT molecular complexity index is 719. The topological polar surface area (TPSA) is 46.0 Å². The number of aliphatic hydroxyl groups excluding tert-OH is 1. The van der Waals surface area contributed by atoms with Crippen LogP contribution in [0.5, 0.6) is 0 Å². The molecule has 0 radical (unpaired) electrons. The van der Waals surface area contributed by atoms with Crippen molar-refractivity contribution in [2.24, 2.45) is 0 Å². The molecule has 1 N–H and O–H groups in total. The number of pyridine rings is 2. The van der Waals surface area contributed by atoms with E-state index in [0.29, 0.717) is 5.69 Å². The smallest absolute Gasteiger partial charge is 0.122 e. The van der Waals surface area contributed by atoms with Gasteiger partial charge in [0, 0.05) is 23.5 Å². The summed E-state index contributed by atoms with van der Waals surface area (Å²) in [6.07, 6.45) is 2.82. The van der Waals surface area contributed by atoms with Gasteiger partial charge in [0.05, 0.1) is 5.69 Å². The molecule has 0 bridgehead atoms. The van der Waals surface area contributed by atoms with Crippen LogP contribution in [0.15, 0.2) is 54.9 Å². The second kappa shape index (κ2) is 4.78.